The number of nitrogens with one attached hydrogen (secondary N) is 1. The molecule has 1 rings (SSSR count). The van der Waals surface area contributed by atoms with Crippen LogP contribution in [-0.4, -0.2) is 25.6 Å². The quantitative estimate of drug-likeness (QED) is 0.649. The molecule has 0 aliphatic rings. The van der Waals surface area contributed by atoms with E-state index in [1.54, 1.807) is 44.4 Å². The van der Waals surface area contributed by atoms with Crippen molar-refractivity contribution in [3.63, 3.8) is 0 Å². The van der Waals surface area contributed by atoms with Gasteiger partial charge in [0.15, 0.2) is 0 Å². The normalized spacial score (nSPS) is 10.8. The smallest absolute Gasteiger partial charge is 0.354 e. The molecule has 1 aromatic carbocycles. The first-order chi connectivity index (χ1) is 9.06. The summed E-state index contributed by atoms with van der Waals surface area (Å²) in [5.74, 6) is -0.171. The number of benzene rings is 1. The van der Waals surface area contributed by atoms with Gasteiger partial charge in [0.2, 0.25) is 5.91 Å². The van der Waals surface area contributed by atoms with Crippen LogP contribution in [0.1, 0.15) is 19.4 Å². The number of carbonyl (C=O) groups is 2. The van der Waals surface area contributed by atoms with Gasteiger partial charge in [-0.25, -0.2) is 4.79 Å². The summed E-state index contributed by atoms with van der Waals surface area (Å²) in [6.07, 6.45) is 1.55. The second-order valence-corrected chi connectivity index (χ2v) is 3.73. The van der Waals surface area contributed by atoms with Crippen LogP contribution in [0, 0.1) is 0 Å². The molecule has 102 valence electrons. The van der Waals surface area contributed by atoms with Gasteiger partial charge in [0.05, 0.1) is 13.7 Å². The lowest BCUT2D eigenvalue weighted by Crippen LogP contribution is -2.26. The highest BCUT2D eigenvalue weighted by Crippen LogP contribution is 2.13. The third-order valence-electron chi connectivity index (χ3n) is 2.23. The first-order valence-corrected chi connectivity index (χ1v) is 5.87. The Morgan fingerprint density at radius 2 is 1.89 bits per heavy atom. The number of carbonyl (C=O) groups excluding carboxylic acids is 2. The van der Waals surface area contributed by atoms with Gasteiger partial charge < -0.3 is 14.8 Å². The molecule has 0 saturated carbocycles. The summed E-state index contributed by atoms with van der Waals surface area (Å²) in [6.45, 7) is 3.29. The van der Waals surface area contributed by atoms with Gasteiger partial charge in [-0.3, -0.25) is 4.79 Å². The van der Waals surface area contributed by atoms with Crippen molar-refractivity contribution in [3.05, 3.63) is 35.5 Å². The SMILES string of the molecule is CCOC(=O)/C(=C/c1ccc(OC)cc1)NC(C)=O. The Morgan fingerprint density at radius 1 is 1.26 bits per heavy atom. The van der Waals surface area contributed by atoms with E-state index in [9.17, 15) is 9.59 Å². The molecule has 1 N–H and O–H groups in total. The van der Waals surface area contributed by atoms with Gasteiger partial charge in [-0.1, -0.05) is 12.1 Å². The van der Waals surface area contributed by atoms with Gasteiger partial charge in [-0.2, -0.15) is 0 Å². The molecule has 0 saturated heterocycles. The average molecular weight is 263 g/mol. The second kappa shape index (κ2) is 7.20. The van der Waals surface area contributed by atoms with Crippen LogP contribution in [0.5, 0.6) is 5.75 Å². The molecule has 0 fully saturated rings. The number of esters is 1. The standard InChI is InChI=1S/C14H17NO4/c1-4-19-14(17)13(15-10(2)16)9-11-5-7-12(18-3)8-6-11/h5-9H,4H2,1-3H3,(H,15,16)/b13-9-. The Labute approximate surface area is 112 Å². The summed E-state index contributed by atoms with van der Waals surface area (Å²) in [5.41, 5.74) is 0.872. The molecule has 0 spiro atoms. The number of ether oxygens (including phenoxy) is 2. The summed E-state index contributed by atoms with van der Waals surface area (Å²) in [6, 6.07) is 7.09. The molecule has 0 heterocycles. The van der Waals surface area contributed by atoms with Crippen molar-refractivity contribution in [1.29, 1.82) is 0 Å². The number of hydrogen-bond acceptors (Lipinski definition) is 4. The fourth-order valence-corrected chi connectivity index (χ4v) is 1.41. The molecule has 0 radical (unpaired) electrons. The highest BCUT2D eigenvalue weighted by molar-refractivity contribution is 5.97. The molecular weight excluding hydrogens is 246 g/mol. The molecule has 5 nitrogen and oxygen atoms in total. The molecule has 0 aromatic heterocycles. The zero-order valence-electron chi connectivity index (χ0n) is 11.2. The van der Waals surface area contributed by atoms with E-state index in [1.807, 2.05) is 0 Å². The molecule has 5 heteroatoms. The highest BCUT2D eigenvalue weighted by atomic mass is 16.5. The van der Waals surface area contributed by atoms with E-state index >= 15 is 0 Å². The van der Waals surface area contributed by atoms with E-state index in [-0.39, 0.29) is 18.2 Å². The summed E-state index contributed by atoms with van der Waals surface area (Å²) >= 11 is 0. The fraction of sp³-hybridized carbons (Fsp3) is 0.286. The molecule has 1 amide bonds. The summed E-state index contributed by atoms with van der Waals surface area (Å²) < 4.78 is 9.92. The lowest BCUT2D eigenvalue weighted by Gasteiger charge is -2.07. The lowest BCUT2D eigenvalue weighted by atomic mass is 10.2. The van der Waals surface area contributed by atoms with Crippen molar-refractivity contribution in [2.75, 3.05) is 13.7 Å². The van der Waals surface area contributed by atoms with Gasteiger partial charge in [0, 0.05) is 6.92 Å². The first kappa shape index (κ1) is 14.8. The van der Waals surface area contributed by atoms with Crippen molar-refractivity contribution in [3.8, 4) is 5.75 Å². The van der Waals surface area contributed by atoms with Gasteiger partial charge in [-0.15, -0.1) is 0 Å². The Morgan fingerprint density at radius 3 is 2.37 bits per heavy atom. The largest absolute Gasteiger partial charge is 0.497 e. The van der Waals surface area contributed by atoms with Crippen molar-refractivity contribution >= 4 is 18.0 Å². The molecule has 0 aliphatic heterocycles. The van der Waals surface area contributed by atoms with Crippen LogP contribution in [0.15, 0.2) is 30.0 Å². The van der Waals surface area contributed by atoms with Crippen LogP contribution in [-0.2, 0) is 14.3 Å². The van der Waals surface area contributed by atoms with E-state index in [0.717, 1.165) is 11.3 Å². The topological polar surface area (TPSA) is 64.6 Å². The first-order valence-electron chi connectivity index (χ1n) is 5.87. The Balaban J connectivity index is 2.96. The minimum absolute atomic E-state index is 0.111. The van der Waals surface area contributed by atoms with Crippen LogP contribution in [0.3, 0.4) is 0 Å². The van der Waals surface area contributed by atoms with Crippen molar-refractivity contribution < 1.29 is 19.1 Å². The van der Waals surface area contributed by atoms with E-state index in [4.69, 9.17) is 9.47 Å². The predicted octanol–water partition coefficient (Wildman–Crippen LogP) is 1.74. The highest BCUT2D eigenvalue weighted by Gasteiger charge is 2.11. The fourth-order valence-electron chi connectivity index (χ4n) is 1.41. The van der Waals surface area contributed by atoms with Crippen LogP contribution < -0.4 is 10.1 Å². The van der Waals surface area contributed by atoms with Gasteiger partial charge in [0.1, 0.15) is 11.4 Å². The molecule has 19 heavy (non-hydrogen) atoms. The third kappa shape index (κ3) is 4.83. The number of rotatable bonds is 5. The van der Waals surface area contributed by atoms with E-state index in [2.05, 4.69) is 5.32 Å². The Kier molecular flexibility index (Phi) is 5.60. The predicted molar refractivity (Wildman–Crippen MR) is 71.4 cm³/mol. The number of hydrogen-bond donors (Lipinski definition) is 1. The third-order valence-corrected chi connectivity index (χ3v) is 2.23. The number of methoxy groups -OCH3 is 1. The maximum Gasteiger partial charge on any atom is 0.354 e. The summed E-state index contributed by atoms with van der Waals surface area (Å²) in [5, 5.41) is 2.46. The number of amides is 1. The lowest BCUT2D eigenvalue weighted by molar-refractivity contribution is -0.139. The zero-order chi connectivity index (χ0) is 14.3. The minimum Gasteiger partial charge on any atom is -0.497 e. The molecule has 1 aromatic rings. The van der Waals surface area contributed by atoms with Gasteiger partial charge in [0.25, 0.3) is 0 Å². The van der Waals surface area contributed by atoms with Gasteiger partial charge in [-0.05, 0) is 30.7 Å². The molecule has 0 bridgehead atoms. The molecule has 0 unspecified atom stereocenters. The van der Waals surface area contributed by atoms with Crippen molar-refractivity contribution in [2.45, 2.75) is 13.8 Å². The van der Waals surface area contributed by atoms with Crippen molar-refractivity contribution in [1.82, 2.24) is 5.32 Å². The van der Waals surface area contributed by atoms with Crippen molar-refractivity contribution in [2.24, 2.45) is 0 Å². The van der Waals surface area contributed by atoms with Crippen LogP contribution in [0.25, 0.3) is 6.08 Å². The molecular formula is C14H17NO4. The average Bonchev–Trinajstić information content (AvgIpc) is 2.38. The van der Waals surface area contributed by atoms with E-state index in [1.165, 1.54) is 6.92 Å². The van der Waals surface area contributed by atoms with Gasteiger partial charge >= 0.3 is 5.97 Å². The summed E-state index contributed by atoms with van der Waals surface area (Å²) in [4.78, 5) is 22.8. The van der Waals surface area contributed by atoms with Crippen LogP contribution in [0.4, 0.5) is 0 Å². The van der Waals surface area contributed by atoms with Crippen LogP contribution in [0.2, 0.25) is 0 Å². The van der Waals surface area contributed by atoms with Crippen LogP contribution >= 0.6 is 0 Å². The van der Waals surface area contributed by atoms with E-state index in [0.29, 0.717) is 0 Å². The minimum atomic E-state index is -0.562. The summed E-state index contributed by atoms with van der Waals surface area (Å²) in [7, 11) is 1.58. The Hall–Kier alpha value is -2.30. The molecule has 0 atom stereocenters. The maximum absolute atomic E-state index is 11.7. The van der Waals surface area contributed by atoms with E-state index < -0.39 is 5.97 Å². The maximum atomic E-state index is 11.7. The monoisotopic (exact) mass is 263 g/mol. The molecule has 0 aliphatic carbocycles. The zero-order valence-corrected chi connectivity index (χ0v) is 11.2. The second-order valence-electron chi connectivity index (χ2n) is 3.73. The Bertz CT molecular complexity index is 477.